The minimum absolute atomic E-state index is 0.115. The topological polar surface area (TPSA) is 36.9 Å². The minimum atomic E-state index is -1.83. The highest BCUT2D eigenvalue weighted by atomic mass is 28.4. The van der Waals surface area contributed by atoms with E-state index in [9.17, 15) is 0 Å². The van der Waals surface area contributed by atoms with E-state index in [2.05, 4.69) is 87.3 Å². The van der Waals surface area contributed by atoms with Crippen molar-refractivity contribution >= 4 is 16.6 Å². The number of allylic oxidation sites excluding steroid dienone is 1. The van der Waals surface area contributed by atoms with Gasteiger partial charge in [0.05, 0.1) is 24.1 Å². The van der Waals surface area contributed by atoms with E-state index in [0.29, 0.717) is 29.8 Å². The zero-order chi connectivity index (χ0) is 27.4. The van der Waals surface area contributed by atoms with Gasteiger partial charge >= 0.3 is 0 Å². The normalized spacial score (nSPS) is 45.4. The van der Waals surface area contributed by atoms with Crippen molar-refractivity contribution in [1.82, 2.24) is 0 Å². The average molecular weight is 549 g/mol. The fraction of sp³-hybridized carbons (Fsp3) is 0.935. The fourth-order valence-corrected chi connectivity index (χ4v) is 11.3. The van der Waals surface area contributed by atoms with Crippen LogP contribution in [0.25, 0.3) is 0 Å². The van der Waals surface area contributed by atoms with Crippen LogP contribution in [0.3, 0.4) is 0 Å². The third-order valence-electron chi connectivity index (χ3n) is 11.7. The lowest BCUT2D eigenvalue weighted by Gasteiger charge is -2.62. The number of ether oxygens (including phenoxy) is 2. The molecular weight excluding hydrogens is 493 g/mol. The highest BCUT2D eigenvalue weighted by molar-refractivity contribution is 6.74. The van der Waals surface area contributed by atoms with Crippen LogP contribution in [-0.4, -0.2) is 40.7 Å². The Bertz CT molecular complexity index is 930. The molecule has 0 bridgehead atoms. The summed E-state index contributed by atoms with van der Waals surface area (Å²) in [5.41, 5.74) is 0.471. The molecule has 4 fully saturated rings. The van der Waals surface area contributed by atoms with E-state index in [1.165, 1.54) is 37.9 Å². The van der Waals surface area contributed by atoms with Gasteiger partial charge in [0, 0.05) is 12.3 Å². The van der Waals surface area contributed by atoms with E-state index in [4.69, 9.17) is 18.3 Å². The second-order valence-electron chi connectivity index (χ2n) is 16.7. The lowest BCUT2D eigenvalue weighted by Crippen LogP contribution is -2.62. The molecule has 1 saturated heterocycles. The van der Waals surface area contributed by atoms with Gasteiger partial charge < -0.3 is 18.3 Å². The van der Waals surface area contributed by atoms with Crippen molar-refractivity contribution in [2.45, 2.75) is 149 Å². The lowest BCUT2D eigenvalue weighted by molar-refractivity contribution is -0.171. The Balaban J connectivity index is 1.49. The van der Waals surface area contributed by atoms with E-state index in [1.807, 2.05) is 0 Å². The molecule has 3 saturated carbocycles. The molecule has 9 atom stereocenters. The molecule has 37 heavy (non-hydrogen) atoms. The average Bonchev–Trinajstić information content (AvgIpc) is 3.22. The summed E-state index contributed by atoms with van der Waals surface area (Å²) in [6.07, 6.45) is 10.5. The molecule has 0 N–H and O–H groups in total. The molecular formula is C31H56O4Si2. The summed E-state index contributed by atoms with van der Waals surface area (Å²) in [5, 5.41) is 0.242. The maximum atomic E-state index is 7.20. The van der Waals surface area contributed by atoms with Crippen LogP contribution in [0.1, 0.15) is 87.0 Å². The van der Waals surface area contributed by atoms with Crippen molar-refractivity contribution < 1.29 is 18.3 Å². The maximum absolute atomic E-state index is 7.20. The van der Waals surface area contributed by atoms with Crippen molar-refractivity contribution in [2.75, 3.05) is 0 Å². The van der Waals surface area contributed by atoms with Gasteiger partial charge in [-0.2, -0.15) is 0 Å². The monoisotopic (exact) mass is 548 g/mol. The van der Waals surface area contributed by atoms with Crippen molar-refractivity contribution in [3.63, 3.8) is 0 Å². The maximum Gasteiger partial charge on any atom is 0.241 e. The van der Waals surface area contributed by atoms with E-state index in [-0.39, 0.29) is 28.1 Å². The van der Waals surface area contributed by atoms with Crippen LogP contribution in [0.4, 0.5) is 0 Å². The molecule has 1 heterocycles. The minimum Gasteiger partial charge on any atom is -0.548 e. The van der Waals surface area contributed by atoms with Crippen molar-refractivity contribution in [3.05, 3.63) is 11.8 Å². The molecule has 0 radical (unpaired) electrons. The number of hydrogen-bond donors (Lipinski definition) is 0. The van der Waals surface area contributed by atoms with Crippen molar-refractivity contribution in [2.24, 2.45) is 34.5 Å². The summed E-state index contributed by atoms with van der Waals surface area (Å²) >= 11 is 0. The summed E-state index contributed by atoms with van der Waals surface area (Å²) < 4.78 is 27.5. The first-order valence-corrected chi connectivity index (χ1v) is 21.5. The molecule has 212 valence electrons. The van der Waals surface area contributed by atoms with Gasteiger partial charge in [0.1, 0.15) is 0 Å². The zero-order valence-electron chi connectivity index (χ0n) is 26.0. The lowest BCUT2D eigenvalue weighted by atomic mass is 9.44. The Morgan fingerprint density at radius 3 is 2.08 bits per heavy atom. The largest absolute Gasteiger partial charge is 0.548 e. The molecule has 4 unspecified atom stereocenters. The second kappa shape index (κ2) is 8.68. The quantitative estimate of drug-likeness (QED) is 0.330. The summed E-state index contributed by atoms with van der Waals surface area (Å²) in [5.74, 6) is 2.92. The first-order valence-electron chi connectivity index (χ1n) is 15.2. The Morgan fingerprint density at radius 1 is 0.838 bits per heavy atom. The van der Waals surface area contributed by atoms with Gasteiger partial charge in [-0.25, -0.2) is 0 Å². The van der Waals surface area contributed by atoms with E-state index >= 15 is 0 Å². The van der Waals surface area contributed by atoms with E-state index in [1.54, 1.807) is 0 Å². The molecule has 5 aliphatic rings. The second-order valence-corrected chi connectivity index (χ2v) is 25.9. The molecule has 1 aliphatic heterocycles. The SMILES string of the molecule is CC1(C)O[C@@H]2C3C(CC[C@@]4(C)C3CC[C@@H]4O[Si](C)(C)C(C)(C)C)[C@@]3(C)CCC(O[Si](C)(C)C)=CC3[C@H]2O1. The van der Waals surface area contributed by atoms with Gasteiger partial charge in [0.2, 0.25) is 8.32 Å². The van der Waals surface area contributed by atoms with Gasteiger partial charge in [0.25, 0.3) is 0 Å². The van der Waals surface area contributed by atoms with Gasteiger partial charge in [-0.15, -0.1) is 0 Å². The Hall–Kier alpha value is -0.146. The first kappa shape index (κ1) is 28.4. The van der Waals surface area contributed by atoms with Crippen LogP contribution in [0.5, 0.6) is 0 Å². The van der Waals surface area contributed by atoms with Gasteiger partial charge in [-0.1, -0.05) is 34.6 Å². The first-order chi connectivity index (χ1) is 16.8. The van der Waals surface area contributed by atoms with Crippen LogP contribution < -0.4 is 0 Å². The van der Waals surface area contributed by atoms with Crippen molar-refractivity contribution in [1.29, 1.82) is 0 Å². The highest BCUT2D eigenvalue weighted by Gasteiger charge is 2.68. The van der Waals surface area contributed by atoms with Gasteiger partial charge in [-0.3, -0.25) is 0 Å². The van der Waals surface area contributed by atoms with Gasteiger partial charge in [0.15, 0.2) is 14.1 Å². The summed E-state index contributed by atoms with van der Waals surface area (Å²) in [6.45, 7) is 28.3. The molecule has 0 aromatic rings. The van der Waals surface area contributed by atoms with E-state index < -0.39 is 22.4 Å². The number of hydrogen-bond acceptors (Lipinski definition) is 4. The van der Waals surface area contributed by atoms with Crippen molar-refractivity contribution in [3.8, 4) is 0 Å². The Labute approximate surface area is 229 Å². The fourth-order valence-electron chi connectivity index (χ4n) is 8.91. The Morgan fingerprint density at radius 2 is 1.46 bits per heavy atom. The van der Waals surface area contributed by atoms with Crippen LogP contribution >= 0.6 is 0 Å². The smallest absolute Gasteiger partial charge is 0.241 e. The molecule has 5 rings (SSSR count). The Kier molecular flexibility index (Phi) is 6.66. The molecule has 0 spiro atoms. The standard InChI is InChI=1S/C31H56O4Si2/c1-28(2,3)37(11,12)35-24-14-13-21-25-22(16-18-31(21,24)7)30(6)17-15-20(34-36(8,9)10)19-23(30)26-27(25)33-29(4,5)32-26/h19,21-27H,13-18H2,1-12H3/t21?,22?,23?,24-,25?,26+,27+,30+,31-/m0/s1. The van der Waals surface area contributed by atoms with E-state index in [0.717, 1.165) is 6.42 Å². The number of rotatable bonds is 4. The summed E-state index contributed by atoms with van der Waals surface area (Å²) in [6, 6.07) is 0. The third-order valence-corrected chi connectivity index (χ3v) is 17.1. The molecule has 0 aromatic carbocycles. The summed E-state index contributed by atoms with van der Waals surface area (Å²) in [4.78, 5) is 0. The predicted molar refractivity (Wildman–Crippen MR) is 156 cm³/mol. The highest BCUT2D eigenvalue weighted by Crippen LogP contribution is 2.68. The third kappa shape index (κ3) is 4.66. The van der Waals surface area contributed by atoms with Crippen LogP contribution in [0, 0.1) is 34.5 Å². The number of fused-ring (bicyclic) bond motifs is 8. The molecule has 4 aliphatic carbocycles. The summed E-state index contributed by atoms with van der Waals surface area (Å²) in [7, 11) is -3.47. The molecule has 4 nitrogen and oxygen atoms in total. The molecule has 0 amide bonds. The van der Waals surface area contributed by atoms with Crippen LogP contribution in [-0.2, 0) is 18.3 Å². The molecule has 6 heteroatoms. The predicted octanol–water partition coefficient (Wildman–Crippen LogP) is 8.50. The van der Waals surface area contributed by atoms with Gasteiger partial charge in [-0.05, 0) is 118 Å². The van der Waals surface area contributed by atoms with Crippen LogP contribution in [0.2, 0.25) is 37.8 Å². The molecule has 0 aromatic heterocycles. The van der Waals surface area contributed by atoms with Crippen LogP contribution in [0.15, 0.2) is 11.8 Å². The zero-order valence-corrected chi connectivity index (χ0v) is 28.0.